The summed E-state index contributed by atoms with van der Waals surface area (Å²) in [6, 6.07) is 3.05. The fourth-order valence-corrected chi connectivity index (χ4v) is 1.18. The molecule has 0 fully saturated rings. The van der Waals surface area contributed by atoms with Gasteiger partial charge in [-0.15, -0.1) is 0 Å². The minimum absolute atomic E-state index is 0.0372. The number of aromatic nitrogens is 1. The molecule has 1 rings (SSSR count). The smallest absolute Gasteiger partial charge is 0.240 e. The van der Waals surface area contributed by atoms with Crippen LogP contribution in [0.4, 0.5) is 0 Å². The molecule has 0 aliphatic heterocycles. The van der Waals surface area contributed by atoms with Gasteiger partial charge in [0.15, 0.2) is 5.43 Å². The van der Waals surface area contributed by atoms with Crippen molar-refractivity contribution < 1.29 is 4.79 Å². The monoisotopic (exact) mass is 222 g/mol. The zero-order valence-electron chi connectivity index (χ0n) is 9.93. The summed E-state index contributed by atoms with van der Waals surface area (Å²) in [6.07, 6.45) is 3.23. The van der Waals surface area contributed by atoms with Crippen LogP contribution in [0.5, 0.6) is 0 Å². The number of amides is 1. The average Bonchev–Trinajstić information content (AvgIpc) is 2.21. The standard InChI is InChI=1S/C12H18N2O2/c1-9(2)10(3)13-12(16)8-14-6-4-11(15)5-7-14/h4-7,9-10H,8H2,1-3H3,(H,13,16). The Hall–Kier alpha value is -1.58. The van der Waals surface area contributed by atoms with Crippen molar-refractivity contribution in [3.8, 4) is 0 Å². The second kappa shape index (κ2) is 5.49. The van der Waals surface area contributed by atoms with Crippen LogP contribution in [0.1, 0.15) is 20.8 Å². The van der Waals surface area contributed by atoms with Gasteiger partial charge in [0.05, 0.1) is 0 Å². The number of pyridine rings is 1. The van der Waals surface area contributed by atoms with Crippen molar-refractivity contribution in [2.24, 2.45) is 5.92 Å². The van der Waals surface area contributed by atoms with Gasteiger partial charge in [-0.25, -0.2) is 0 Å². The summed E-state index contributed by atoms with van der Waals surface area (Å²) in [7, 11) is 0. The molecule has 1 aromatic rings. The second-order valence-corrected chi connectivity index (χ2v) is 4.31. The van der Waals surface area contributed by atoms with E-state index in [9.17, 15) is 9.59 Å². The molecule has 1 amide bonds. The van der Waals surface area contributed by atoms with Gasteiger partial charge >= 0.3 is 0 Å². The molecule has 1 N–H and O–H groups in total. The Balaban J connectivity index is 2.52. The van der Waals surface area contributed by atoms with E-state index in [0.717, 1.165) is 0 Å². The first-order valence-corrected chi connectivity index (χ1v) is 5.44. The van der Waals surface area contributed by atoms with E-state index in [0.29, 0.717) is 5.92 Å². The molecule has 1 heterocycles. The van der Waals surface area contributed by atoms with Gasteiger partial charge in [0.2, 0.25) is 5.91 Å². The first kappa shape index (κ1) is 12.5. The van der Waals surface area contributed by atoms with Gasteiger partial charge in [0.25, 0.3) is 0 Å². The Morgan fingerprint density at radius 2 is 1.88 bits per heavy atom. The third-order valence-corrected chi connectivity index (χ3v) is 2.58. The van der Waals surface area contributed by atoms with Crippen LogP contribution in [0.2, 0.25) is 0 Å². The van der Waals surface area contributed by atoms with E-state index in [1.807, 2.05) is 6.92 Å². The van der Waals surface area contributed by atoms with E-state index in [2.05, 4.69) is 19.2 Å². The lowest BCUT2D eigenvalue weighted by Gasteiger charge is -2.17. The van der Waals surface area contributed by atoms with Gasteiger partial charge in [-0.2, -0.15) is 0 Å². The third kappa shape index (κ3) is 3.88. The highest BCUT2D eigenvalue weighted by molar-refractivity contribution is 5.76. The van der Waals surface area contributed by atoms with Crippen molar-refractivity contribution in [1.29, 1.82) is 0 Å². The van der Waals surface area contributed by atoms with Crippen molar-refractivity contribution >= 4 is 5.91 Å². The van der Waals surface area contributed by atoms with Gasteiger partial charge in [0.1, 0.15) is 6.54 Å². The summed E-state index contributed by atoms with van der Waals surface area (Å²) >= 11 is 0. The summed E-state index contributed by atoms with van der Waals surface area (Å²) < 4.78 is 1.68. The minimum Gasteiger partial charge on any atom is -0.352 e. The van der Waals surface area contributed by atoms with Crippen LogP contribution in [0.3, 0.4) is 0 Å². The van der Waals surface area contributed by atoms with Crippen LogP contribution in [0.25, 0.3) is 0 Å². The highest BCUT2D eigenvalue weighted by atomic mass is 16.2. The maximum Gasteiger partial charge on any atom is 0.240 e. The molecule has 0 saturated heterocycles. The summed E-state index contributed by atoms with van der Waals surface area (Å²) in [5, 5.41) is 2.90. The molecule has 0 spiro atoms. The first-order chi connectivity index (χ1) is 7.49. The number of nitrogens with zero attached hydrogens (tertiary/aromatic N) is 1. The van der Waals surface area contributed by atoms with Gasteiger partial charge < -0.3 is 9.88 Å². The van der Waals surface area contributed by atoms with E-state index in [-0.39, 0.29) is 23.9 Å². The maximum atomic E-state index is 11.6. The van der Waals surface area contributed by atoms with Crippen LogP contribution in [-0.4, -0.2) is 16.5 Å². The molecule has 1 atom stereocenters. The Bertz CT molecular complexity index is 389. The predicted molar refractivity (Wildman–Crippen MR) is 63.1 cm³/mol. The molecule has 1 unspecified atom stereocenters. The Morgan fingerprint density at radius 1 is 1.31 bits per heavy atom. The van der Waals surface area contributed by atoms with Gasteiger partial charge in [-0.3, -0.25) is 9.59 Å². The second-order valence-electron chi connectivity index (χ2n) is 4.31. The van der Waals surface area contributed by atoms with Gasteiger partial charge in [-0.05, 0) is 12.8 Å². The van der Waals surface area contributed by atoms with Crippen molar-refractivity contribution in [3.05, 3.63) is 34.7 Å². The van der Waals surface area contributed by atoms with Crippen molar-refractivity contribution in [2.75, 3.05) is 0 Å². The first-order valence-electron chi connectivity index (χ1n) is 5.44. The molecule has 0 radical (unpaired) electrons. The number of nitrogens with one attached hydrogen (secondary N) is 1. The zero-order chi connectivity index (χ0) is 12.1. The molecular weight excluding hydrogens is 204 g/mol. The number of rotatable bonds is 4. The summed E-state index contributed by atoms with van der Waals surface area (Å²) in [6.45, 7) is 6.35. The van der Waals surface area contributed by atoms with E-state index in [1.54, 1.807) is 17.0 Å². The van der Waals surface area contributed by atoms with Crippen molar-refractivity contribution in [2.45, 2.75) is 33.4 Å². The topological polar surface area (TPSA) is 51.1 Å². The lowest BCUT2D eigenvalue weighted by molar-refractivity contribution is -0.122. The number of hydrogen-bond donors (Lipinski definition) is 1. The van der Waals surface area contributed by atoms with Crippen molar-refractivity contribution in [3.63, 3.8) is 0 Å². The molecule has 1 aromatic heterocycles. The van der Waals surface area contributed by atoms with Crippen LogP contribution >= 0.6 is 0 Å². The normalized spacial score (nSPS) is 12.5. The van der Waals surface area contributed by atoms with Crippen molar-refractivity contribution in [1.82, 2.24) is 9.88 Å². The number of hydrogen-bond acceptors (Lipinski definition) is 2. The Kier molecular flexibility index (Phi) is 4.28. The molecule has 0 aliphatic carbocycles. The lowest BCUT2D eigenvalue weighted by Crippen LogP contribution is -2.38. The van der Waals surface area contributed by atoms with Crippen LogP contribution in [-0.2, 0) is 11.3 Å². The Labute approximate surface area is 95.3 Å². The highest BCUT2D eigenvalue weighted by Gasteiger charge is 2.10. The summed E-state index contributed by atoms with van der Waals surface area (Å²) in [5.74, 6) is 0.378. The predicted octanol–water partition coefficient (Wildman–Crippen LogP) is 1.01. The maximum absolute atomic E-state index is 11.6. The average molecular weight is 222 g/mol. The number of carbonyl (C=O) groups excluding carboxylic acids is 1. The SMILES string of the molecule is CC(C)C(C)NC(=O)Cn1ccc(=O)cc1. The van der Waals surface area contributed by atoms with Crippen LogP contribution < -0.4 is 10.7 Å². The van der Waals surface area contributed by atoms with Crippen LogP contribution in [0.15, 0.2) is 29.3 Å². The third-order valence-electron chi connectivity index (χ3n) is 2.58. The largest absolute Gasteiger partial charge is 0.352 e. The molecule has 16 heavy (non-hydrogen) atoms. The molecule has 0 aromatic carbocycles. The van der Waals surface area contributed by atoms with Gasteiger partial charge in [-0.1, -0.05) is 13.8 Å². The van der Waals surface area contributed by atoms with E-state index >= 15 is 0 Å². The fraction of sp³-hybridized carbons (Fsp3) is 0.500. The quantitative estimate of drug-likeness (QED) is 0.826. The molecule has 0 bridgehead atoms. The van der Waals surface area contributed by atoms with E-state index in [4.69, 9.17) is 0 Å². The molecular formula is C12H18N2O2. The summed E-state index contributed by atoms with van der Waals surface area (Å²) in [5.41, 5.74) is -0.0489. The molecule has 4 nitrogen and oxygen atoms in total. The summed E-state index contributed by atoms with van der Waals surface area (Å²) in [4.78, 5) is 22.5. The lowest BCUT2D eigenvalue weighted by atomic mass is 10.1. The van der Waals surface area contributed by atoms with E-state index in [1.165, 1.54) is 12.1 Å². The zero-order valence-corrected chi connectivity index (χ0v) is 9.93. The molecule has 0 aliphatic rings. The Morgan fingerprint density at radius 3 is 2.38 bits per heavy atom. The van der Waals surface area contributed by atoms with Crippen LogP contribution in [0, 0.1) is 5.92 Å². The molecule has 4 heteroatoms. The molecule has 0 saturated carbocycles. The van der Waals surface area contributed by atoms with E-state index < -0.39 is 0 Å². The highest BCUT2D eigenvalue weighted by Crippen LogP contribution is 1.99. The number of carbonyl (C=O) groups is 1. The molecule has 88 valence electrons. The van der Waals surface area contributed by atoms with Gasteiger partial charge in [0, 0.05) is 30.6 Å². The minimum atomic E-state index is -0.0489. The fourth-order valence-electron chi connectivity index (χ4n) is 1.18.